The van der Waals surface area contributed by atoms with Gasteiger partial charge in [-0.15, -0.1) is 0 Å². The summed E-state index contributed by atoms with van der Waals surface area (Å²) in [5, 5.41) is 12.9. The van der Waals surface area contributed by atoms with E-state index >= 15 is 0 Å². The Hall–Kier alpha value is -3.00. The lowest BCUT2D eigenvalue weighted by molar-refractivity contribution is 0.432. The van der Waals surface area contributed by atoms with Crippen molar-refractivity contribution in [3.8, 4) is 29.0 Å². The van der Waals surface area contributed by atoms with Gasteiger partial charge in [-0.2, -0.15) is 10.2 Å². The van der Waals surface area contributed by atoms with Crippen LogP contribution >= 0.6 is 0 Å². The summed E-state index contributed by atoms with van der Waals surface area (Å²) >= 11 is 0. The Morgan fingerprint density at radius 2 is 2.14 bits per heavy atom. The topological polar surface area (TPSA) is 75.6 Å². The van der Waals surface area contributed by atoms with E-state index in [1.54, 1.807) is 24.4 Å². The minimum atomic E-state index is 0.384. The summed E-state index contributed by atoms with van der Waals surface area (Å²) in [5.41, 5.74) is 3.07. The second-order valence-corrected chi connectivity index (χ2v) is 4.48. The number of benzene rings is 1. The molecule has 3 aromatic rings. The number of hydrogen-bond donors (Lipinski definition) is 0. The van der Waals surface area contributed by atoms with Crippen LogP contribution in [0, 0.1) is 11.3 Å². The lowest BCUT2D eigenvalue weighted by Gasteiger charge is -2.00. The van der Waals surface area contributed by atoms with Crippen molar-refractivity contribution in [2.24, 2.45) is 0 Å². The highest BCUT2D eigenvalue weighted by Crippen LogP contribution is 2.23. The fraction of sp³-hybridized carbons (Fsp3) is 0.125. The first-order chi connectivity index (χ1) is 10.3. The van der Waals surface area contributed by atoms with E-state index in [1.165, 1.54) is 0 Å². The van der Waals surface area contributed by atoms with Crippen molar-refractivity contribution >= 4 is 0 Å². The maximum atomic E-state index is 8.93. The number of nitrogens with zero attached hydrogens (tertiary/aromatic N) is 4. The molecule has 0 spiro atoms. The SMILES string of the molecule is CCc1cccnc1-c1noc(-c2cccc(C#N)c2)n1. The summed E-state index contributed by atoms with van der Waals surface area (Å²) in [5.74, 6) is 0.847. The highest BCUT2D eigenvalue weighted by atomic mass is 16.5. The van der Waals surface area contributed by atoms with Crippen LogP contribution in [-0.2, 0) is 6.42 Å². The first-order valence-electron chi connectivity index (χ1n) is 6.60. The second kappa shape index (κ2) is 5.55. The van der Waals surface area contributed by atoms with Gasteiger partial charge in [0.2, 0.25) is 5.82 Å². The lowest BCUT2D eigenvalue weighted by Crippen LogP contribution is -1.92. The summed E-state index contributed by atoms with van der Waals surface area (Å²) in [6.07, 6.45) is 2.55. The number of nitriles is 1. The molecule has 0 saturated carbocycles. The van der Waals surface area contributed by atoms with Crippen LogP contribution in [0.15, 0.2) is 47.1 Å². The van der Waals surface area contributed by atoms with Crippen LogP contribution in [0.1, 0.15) is 18.1 Å². The van der Waals surface area contributed by atoms with Crippen LogP contribution in [0.2, 0.25) is 0 Å². The molecule has 0 N–H and O–H groups in total. The standard InChI is InChI=1S/C16H12N4O/c1-2-12-7-4-8-18-14(12)15-19-16(21-20-15)13-6-3-5-11(9-13)10-17/h3-9H,2H2,1H3. The molecule has 0 fully saturated rings. The second-order valence-electron chi connectivity index (χ2n) is 4.48. The molecule has 2 aromatic heterocycles. The highest BCUT2D eigenvalue weighted by Gasteiger charge is 2.14. The summed E-state index contributed by atoms with van der Waals surface area (Å²) in [6, 6.07) is 13.0. The van der Waals surface area contributed by atoms with E-state index in [0.29, 0.717) is 17.3 Å². The molecule has 0 bridgehead atoms. The van der Waals surface area contributed by atoms with E-state index in [0.717, 1.165) is 23.2 Å². The van der Waals surface area contributed by atoms with Crippen molar-refractivity contribution in [3.05, 3.63) is 53.7 Å². The Morgan fingerprint density at radius 3 is 2.95 bits per heavy atom. The van der Waals surface area contributed by atoms with E-state index in [1.807, 2.05) is 18.2 Å². The number of aromatic nitrogens is 3. The maximum Gasteiger partial charge on any atom is 0.258 e. The Kier molecular flexibility index (Phi) is 3.44. The first kappa shape index (κ1) is 13.0. The number of hydrogen-bond acceptors (Lipinski definition) is 5. The zero-order valence-electron chi connectivity index (χ0n) is 11.4. The molecule has 0 saturated heterocycles. The van der Waals surface area contributed by atoms with Gasteiger partial charge in [0.25, 0.3) is 5.89 Å². The molecular weight excluding hydrogens is 264 g/mol. The molecule has 0 amide bonds. The van der Waals surface area contributed by atoms with Crippen molar-refractivity contribution in [2.75, 3.05) is 0 Å². The third-order valence-electron chi connectivity index (χ3n) is 3.15. The van der Waals surface area contributed by atoms with E-state index < -0.39 is 0 Å². The van der Waals surface area contributed by atoms with Gasteiger partial charge >= 0.3 is 0 Å². The van der Waals surface area contributed by atoms with Crippen LogP contribution in [0.25, 0.3) is 23.0 Å². The van der Waals surface area contributed by atoms with Crippen LogP contribution < -0.4 is 0 Å². The number of pyridine rings is 1. The predicted octanol–water partition coefficient (Wildman–Crippen LogP) is 3.23. The summed E-state index contributed by atoms with van der Waals surface area (Å²) in [6.45, 7) is 2.05. The normalized spacial score (nSPS) is 10.3. The monoisotopic (exact) mass is 276 g/mol. The molecule has 0 atom stereocenters. The van der Waals surface area contributed by atoms with Crippen LogP contribution in [-0.4, -0.2) is 15.1 Å². The van der Waals surface area contributed by atoms with Gasteiger partial charge in [-0.1, -0.05) is 24.2 Å². The Morgan fingerprint density at radius 1 is 1.24 bits per heavy atom. The summed E-state index contributed by atoms with van der Waals surface area (Å²) < 4.78 is 5.29. The van der Waals surface area contributed by atoms with Gasteiger partial charge in [0.1, 0.15) is 5.69 Å². The largest absolute Gasteiger partial charge is 0.334 e. The van der Waals surface area contributed by atoms with Crippen LogP contribution in [0.5, 0.6) is 0 Å². The van der Waals surface area contributed by atoms with Crippen molar-refractivity contribution in [2.45, 2.75) is 13.3 Å². The summed E-state index contributed by atoms with van der Waals surface area (Å²) in [4.78, 5) is 8.71. The quantitative estimate of drug-likeness (QED) is 0.734. The molecule has 21 heavy (non-hydrogen) atoms. The van der Waals surface area contributed by atoms with Gasteiger partial charge in [-0.3, -0.25) is 4.98 Å². The van der Waals surface area contributed by atoms with Gasteiger partial charge in [0, 0.05) is 11.8 Å². The van der Waals surface area contributed by atoms with Crippen molar-refractivity contribution < 1.29 is 4.52 Å². The van der Waals surface area contributed by atoms with E-state index in [-0.39, 0.29) is 0 Å². The van der Waals surface area contributed by atoms with Gasteiger partial charge < -0.3 is 4.52 Å². The van der Waals surface area contributed by atoms with Gasteiger partial charge in [0.05, 0.1) is 11.6 Å². The molecule has 5 heteroatoms. The van der Waals surface area contributed by atoms with Crippen molar-refractivity contribution in [1.29, 1.82) is 5.26 Å². The van der Waals surface area contributed by atoms with E-state index in [9.17, 15) is 0 Å². The lowest BCUT2D eigenvalue weighted by atomic mass is 10.1. The molecule has 2 heterocycles. The van der Waals surface area contributed by atoms with Crippen LogP contribution in [0.3, 0.4) is 0 Å². The van der Waals surface area contributed by atoms with Crippen molar-refractivity contribution in [3.63, 3.8) is 0 Å². The summed E-state index contributed by atoms with van der Waals surface area (Å²) in [7, 11) is 0. The van der Waals surface area contributed by atoms with Gasteiger partial charge in [-0.25, -0.2) is 0 Å². The Balaban J connectivity index is 2.02. The predicted molar refractivity (Wildman–Crippen MR) is 77.1 cm³/mol. The molecular formula is C16H12N4O. The zero-order valence-corrected chi connectivity index (χ0v) is 11.4. The van der Waals surface area contributed by atoms with Gasteiger partial charge in [0.15, 0.2) is 0 Å². The molecule has 3 rings (SSSR count). The molecule has 5 nitrogen and oxygen atoms in total. The number of aryl methyl sites for hydroxylation is 1. The third-order valence-corrected chi connectivity index (χ3v) is 3.15. The highest BCUT2D eigenvalue weighted by molar-refractivity contribution is 5.60. The molecule has 0 unspecified atom stereocenters. The number of rotatable bonds is 3. The molecule has 102 valence electrons. The minimum Gasteiger partial charge on any atom is -0.334 e. The minimum absolute atomic E-state index is 0.384. The van der Waals surface area contributed by atoms with E-state index in [2.05, 4.69) is 28.1 Å². The smallest absolute Gasteiger partial charge is 0.258 e. The first-order valence-corrected chi connectivity index (χ1v) is 6.60. The molecule has 0 aliphatic heterocycles. The average Bonchev–Trinajstić information content (AvgIpc) is 3.04. The molecule has 0 aliphatic carbocycles. The van der Waals surface area contributed by atoms with Gasteiger partial charge in [-0.05, 0) is 36.2 Å². The van der Waals surface area contributed by atoms with Crippen molar-refractivity contribution in [1.82, 2.24) is 15.1 Å². The third kappa shape index (κ3) is 2.51. The fourth-order valence-corrected chi connectivity index (χ4v) is 2.08. The Bertz CT molecular complexity index is 817. The fourth-order valence-electron chi connectivity index (χ4n) is 2.08. The van der Waals surface area contributed by atoms with E-state index in [4.69, 9.17) is 9.78 Å². The molecule has 0 aliphatic rings. The van der Waals surface area contributed by atoms with Crippen LogP contribution in [0.4, 0.5) is 0 Å². The zero-order chi connectivity index (χ0) is 14.7. The average molecular weight is 276 g/mol. The molecule has 0 radical (unpaired) electrons. The molecule has 1 aromatic carbocycles. The Labute approximate surface area is 121 Å². The maximum absolute atomic E-state index is 8.93.